The normalized spacial score (nSPS) is 10.5. The first-order valence-electron chi connectivity index (χ1n) is 4.56. The minimum Gasteiger partial charge on any atom is -0.374 e. The minimum absolute atomic E-state index is 0.0497. The molecule has 0 radical (unpaired) electrons. The van der Waals surface area contributed by atoms with Crippen LogP contribution in [0.3, 0.4) is 0 Å². The van der Waals surface area contributed by atoms with E-state index >= 15 is 0 Å². The first-order valence-corrected chi connectivity index (χ1v) is 5.73. The van der Waals surface area contributed by atoms with Crippen LogP contribution in [0, 0.1) is 0 Å². The molecule has 0 saturated heterocycles. The van der Waals surface area contributed by atoms with Crippen molar-refractivity contribution < 1.29 is 0 Å². The number of nitrogens with one attached hydrogen (secondary N) is 1. The lowest BCUT2D eigenvalue weighted by atomic mass is 10.1. The van der Waals surface area contributed by atoms with Gasteiger partial charge in [-0.25, -0.2) is 0 Å². The number of aromatic nitrogens is 2. The average molecular weight is 288 g/mol. The smallest absolute Gasteiger partial charge is 0.273 e. The Morgan fingerprint density at radius 1 is 1.35 bits per heavy atom. The molecule has 0 atom stereocenters. The molecule has 0 aliphatic heterocycles. The average Bonchev–Trinajstić information content (AvgIpc) is 2.60. The summed E-state index contributed by atoms with van der Waals surface area (Å²) in [6.07, 6.45) is 0. The molecule has 2 rings (SSSR count). The first kappa shape index (κ1) is 12.2. The predicted molar refractivity (Wildman–Crippen MR) is 72.7 cm³/mol. The number of thiocarbonyl (C=S) groups is 1. The van der Waals surface area contributed by atoms with Gasteiger partial charge in [0, 0.05) is 16.7 Å². The number of H-pyrrole nitrogens is 1. The summed E-state index contributed by atoms with van der Waals surface area (Å²) >= 11 is 16.5. The topological polar surface area (TPSA) is 63.8 Å². The van der Waals surface area contributed by atoms with Crippen LogP contribution in [0.15, 0.2) is 29.1 Å². The molecule has 0 spiro atoms. The second-order valence-electron chi connectivity index (χ2n) is 3.31. The number of benzene rings is 1. The van der Waals surface area contributed by atoms with E-state index in [1.165, 1.54) is 6.07 Å². The van der Waals surface area contributed by atoms with Crippen molar-refractivity contribution in [3.8, 4) is 11.3 Å². The third-order valence-electron chi connectivity index (χ3n) is 2.16. The molecule has 0 bridgehead atoms. The van der Waals surface area contributed by atoms with Gasteiger partial charge < -0.3 is 5.73 Å². The van der Waals surface area contributed by atoms with Crippen LogP contribution in [0.25, 0.3) is 11.3 Å². The molecule has 3 N–H and O–H groups in total. The zero-order valence-electron chi connectivity index (χ0n) is 8.41. The van der Waals surface area contributed by atoms with Crippen molar-refractivity contribution in [3.05, 3.63) is 44.7 Å². The number of aromatic amines is 1. The SMILES string of the molecule is NC(=S)n1[nH]c(-c2ccc(Cl)cc2Cl)cc1=O. The van der Waals surface area contributed by atoms with E-state index in [0.29, 0.717) is 21.3 Å². The molecule has 7 heteroatoms. The van der Waals surface area contributed by atoms with Crippen LogP contribution in [-0.2, 0) is 0 Å². The lowest BCUT2D eigenvalue weighted by molar-refractivity contribution is 0.910. The van der Waals surface area contributed by atoms with E-state index in [0.717, 1.165) is 4.68 Å². The molecule has 0 fully saturated rings. The van der Waals surface area contributed by atoms with E-state index in [4.69, 9.17) is 41.2 Å². The van der Waals surface area contributed by atoms with Gasteiger partial charge in [0.15, 0.2) is 5.11 Å². The Balaban J connectivity index is 2.58. The Bertz CT molecular complexity index is 647. The zero-order valence-corrected chi connectivity index (χ0v) is 10.7. The summed E-state index contributed by atoms with van der Waals surface area (Å²) in [5.41, 5.74) is 6.23. The third-order valence-corrected chi connectivity index (χ3v) is 2.89. The van der Waals surface area contributed by atoms with Gasteiger partial charge in [-0.3, -0.25) is 9.89 Å². The van der Waals surface area contributed by atoms with Gasteiger partial charge in [0.2, 0.25) is 0 Å². The molecule has 1 heterocycles. The fourth-order valence-corrected chi connectivity index (χ4v) is 2.05. The summed E-state index contributed by atoms with van der Waals surface area (Å²) in [7, 11) is 0. The number of halogens is 2. The zero-order chi connectivity index (χ0) is 12.6. The maximum absolute atomic E-state index is 11.5. The fraction of sp³-hybridized carbons (Fsp3) is 0. The maximum Gasteiger partial charge on any atom is 0.273 e. The maximum atomic E-state index is 11.5. The lowest BCUT2D eigenvalue weighted by Crippen LogP contribution is -2.29. The number of hydrogen-bond donors (Lipinski definition) is 2. The van der Waals surface area contributed by atoms with Crippen molar-refractivity contribution in [3.63, 3.8) is 0 Å². The highest BCUT2D eigenvalue weighted by Gasteiger charge is 2.10. The molecule has 88 valence electrons. The van der Waals surface area contributed by atoms with E-state index in [-0.39, 0.29) is 10.7 Å². The van der Waals surface area contributed by atoms with Gasteiger partial charge in [-0.15, -0.1) is 0 Å². The van der Waals surface area contributed by atoms with E-state index in [2.05, 4.69) is 5.10 Å². The Morgan fingerprint density at radius 2 is 2.06 bits per heavy atom. The highest BCUT2D eigenvalue weighted by Crippen LogP contribution is 2.28. The van der Waals surface area contributed by atoms with E-state index in [9.17, 15) is 4.79 Å². The summed E-state index contributed by atoms with van der Waals surface area (Å²) in [5.74, 6) is 0. The van der Waals surface area contributed by atoms with Gasteiger partial charge >= 0.3 is 0 Å². The van der Waals surface area contributed by atoms with Crippen molar-refractivity contribution in [2.45, 2.75) is 0 Å². The third kappa shape index (κ3) is 2.36. The van der Waals surface area contributed by atoms with Crippen molar-refractivity contribution in [1.29, 1.82) is 0 Å². The quantitative estimate of drug-likeness (QED) is 0.791. The van der Waals surface area contributed by atoms with Gasteiger partial charge in [-0.2, -0.15) is 4.68 Å². The number of hydrogen-bond acceptors (Lipinski definition) is 2. The van der Waals surface area contributed by atoms with Crippen molar-refractivity contribution in [1.82, 2.24) is 9.78 Å². The molecule has 1 aromatic heterocycles. The standard InChI is InChI=1S/C10H7Cl2N3OS/c11-5-1-2-6(7(12)3-5)8-4-9(16)15(14-8)10(13)17/h1-4,14H,(H2,13,17). The molecule has 0 saturated carbocycles. The fourth-order valence-electron chi connectivity index (χ4n) is 1.41. The Kier molecular flexibility index (Phi) is 3.24. The summed E-state index contributed by atoms with van der Waals surface area (Å²) in [6.45, 7) is 0. The molecule has 17 heavy (non-hydrogen) atoms. The summed E-state index contributed by atoms with van der Waals surface area (Å²) in [6, 6.07) is 6.35. The van der Waals surface area contributed by atoms with Crippen molar-refractivity contribution in [2.24, 2.45) is 5.73 Å². The summed E-state index contributed by atoms with van der Waals surface area (Å²) < 4.78 is 1.07. The van der Waals surface area contributed by atoms with Gasteiger partial charge in [0.1, 0.15) is 0 Å². The molecule has 0 aliphatic carbocycles. The van der Waals surface area contributed by atoms with Crippen LogP contribution in [0.2, 0.25) is 10.0 Å². The number of rotatable bonds is 1. The van der Waals surface area contributed by atoms with Crippen molar-refractivity contribution in [2.75, 3.05) is 0 Å². The van der Waals surface area contributed by atoms with E-state index < -0.39 is 0 Å². The Hall–Kier alpha value is -1.30. The van der Waals surface area contributed by atoms with E-state index in [1.807, 2.05) is 0 Å². The molecule has 0 aliphatic rings. The van der Waals surface area contributed by atoms with Gasteiger partial charge in [0.05, 0.1) is 10.7 Å². The van der Waals surface area contributed by atoms with Gasteiger partial charge in [-0.1, -0.05) is 23.2 Å². The number of nitrogens with two attached hydrogens (primary N) is 1. The monoisotopic (exact) mass is 287 g/mol. The predicted octanol–water partition coefficient (Wildman–Crippen LogP) is 2.24. The highest BCUT2D eigenvalue weighted by atomic mass is 35.5. The molecule has 0 unspecified atom stereocenters. The van der Waals surface area contributed by atoms with E-state index in [1.54, 1.807) is 18.2 Å². The molecule has 1 aromatic carbocycles. The molecule has 2 aromatic rings. The molecule has 0 amide bonds. The van der Waals surface area contributed by atoms with Crippen LogP contribution in [0.4, 0.5) is 0 Å². The summed E-state index contributed by atoms with van der Waals surface area (Å²) in [4.78, 5) is 11.5. The number of nitrogens with zero attached hydrogens (tertiary/aromatic N) is 1. The van der Waals surface area contributed by atoms with Gasteiger partial charge in [-0.05, 0) is 30.4 Å². The van der Waals surface area contributed by atoms with Crippen LogP contribution in [0.1, 0.15) is 0 Å². The second-order valence-corrected chi connectivity index (χ2v) is 4.57. The largest absolute Gasteiger partial charge is 0.374 e. The second kappa shape index (κ2) is 4.52. The van der Waals surface area contributed by atoms with Gasteiger partial charge in [0.25, 0.3) is 5.56 Å². The van der Waals surface area contributed by atoms with Crippen LogP contribution >= 0.6 is 35.4 Å². The van der Waals surface area contributed by atoms with Crippen LogP contribution in [0.5, 0.6) is 0 Å². The lowest BCUT2D eigenvalue weighted by Gasteiger charge is -2.02. The summed E-state index contributed by atoms with van der Waals surface area (Å²) in [5, 5.41) is 3.68. The Labute approximate surface area is 112 Å². The molecule has 4 nitrogen and oxygen atoms in total. The first-order chi connectivity index (χ1) is 7.99. The van der Waals surface area contributed by atoms with Crippen LogP contribution < -0.4 is 11.3 Å². The van der Waals surface area contributed by atoms with Crippen LogP contribution in [-0.4, -0.2) is 14.9 Å². The Morgan fingerprint density at radius 3 is 2.59 bits per heavy atom. The minimum atomic E-state index is -0.335. The molecular weight excluding hydrogens is 281 g/mol. The van der Waals surface area contributed by atoms with Crippen molar-refractivity contribution >= 4 is 40.5 Å². The molecular formula is C10H7Cl2N3OS. The highest BCUT2D eigenvalue weighted by molar-refractivity contribution is 7.80.